The van der Waals surface area contributed by atoms with Crippen LogP contribution >= 0.6 is 0 Å². The summed E-state index contributed by atoms with van der Waals surface area (Å²) in [5.74, 6) is 0.878. The molecule has 0 aliphatic heterocycles. The van der Waals surface area contributed by atoms with Gasteiger partial charge in [-0.3, -0.25) is 0 Å². The van der Waals surface area contributed by atoms with E-state index in [0.29, 0.717) is 6.04 Å². The minimum atomic E-state index is 0.313. The summed E-state index contributed by atoms with van der Waals surface area (Å²) in [6.07, 6.45) is 1.79. The summed E-state index contributed by atoms with van der Waals surface area (Å²) in [4.78, 5) is 12.1. The van der Waals surface area contributed by atoms with Gasteiger partial charge in [0.05, 0.1) is 16.6 Å². The maximum absolute atomic E-state index is 5.75. The van der Waals surface area contributed by atoms with Crippen molar-refractivity contribution in [2.75, 3.05) is 11.9 Å². The van der Waals surface area contributed by atoms with Crippen LogP contribution < -0.4 is 4.90 Å². The van der Waals surface area contributed by atoms with Crippen molar-refractivity contribution in [1.29, 1.82) is 0 Å². The van der Waals surface area contributed by atoms with Gasteiger partial charge in [-0.2, -0.15) is 0 Å². The molecule has 25 heavy (non-hydrogen) atoms. The molecule has 0 fully saturated rings. The van der Waals surface area contributed by atoms with Gasteiger partial charge in [0.2, 0.25) is 0 Å². The Morgan fingerprint density at radius 1 is 1.00 bits per heavy atom. The first-order chi connectivity index (χ1) is 12.1. The summed E-state index contributed by atoms with van der Waals surface area (Å²) in [5.41, 5.74) is 5.68. The molecule has 4 aromatic rings. The number of hydrogen-bond acceptors (Lipinski definition) is 4. The van der Waals surface area contributed by atoms with Crippen molar-refractivity contribution in [3.8, 4) is 11.3 Å². The fourth-order valence-corrected chi connectivity index (χ4v) is 3.04. The van der Waals surface area contributed by atoms with Crippen LogP contribution in [0.4, 0.5) is 5.82 Å². The maximum atomic E-state index is 5.75. The van der Waals surface area contributed by atoms with Crippen molar-refractivity contribution in [1.82, 2.24) is 9.97 Å². The Morgan fingerprint density at radius 3 is 2.60 bits per heavy atom. The van der Waals surface area contributed by atoms with E-state index in [1.807, 2.05) is 30.3 Å². The largest absolute Gasteiger partial charge is 0.464 e. The third-order valence-corrected chi connectivity index (χ3v) is 4.72. The molecule has 0 unspecified atom stereocenters. The van der Waals surface area contributed by atoms with Gasteiger partial charge in [-0.25, -0.2) is 9.97 Å². The topological polar surface area (TPSA) is 42.2 Å². The summed E-state index contributed by atoms with van der Waals surface area (Å²) in [5, 5.41) is 1.06. The Bertz CT molecular complexity index is 1070. The number of anilines is 1. The van der Waals surface area contributed by atoms with Gasteiger partial charge in [0.1, 0.15) is 17.5 Å². The highest BCUT2D eigenvalue weighted by molar-refractivity contribution is 5.97. The van der Waals surface area contributed by atoms with Crippen molar-refractivity contribution < 1.29 is 4.42 Å². The van der Waals surface area contributed by atoms with E-state index >= 15 is 0 Å². The number of rotatable bonds is 3. The standard InChI is InChI=1S/C21H21N3O/c1-13(2)24(4)21-20(16-12-25-18-11-6-5-9-15(16)18)22-17-10-7-8-14(3)19(17)23-21/h5-13H,1-4H3. The lowest BCUT2D eigenvalue weighted by atomic mass is 10.1. The molecule has 2 heterocycles. The molecule has 2 aromatic carbocycles. The molecule has 126 valence electrons. The second kappa shape index (κ2) is 5.88. The first-order valence-corrected chi connectivity index (χ1v) is 8.53. The third-order valence-electron chi connectivity index (χ3n) is 4.72. The first kappa shape index (κ1) is 15.6. The van der Waals surface area contributed by atoms with Gasteiger partial charge in [0.25, 0.3) is 0 Å². The van der Waals surface area contributed by atoms with E-state index in [-0.39, 0.29) is 0 Å². The molecule has 0 saturated heterocycles. The molecule has 0 spiro atoms. The SMILES string of the molecule is Cc1cccc2nc(-c3coc4ccccc34)c(N(C)C(C)C)nc12. The third kappa shape index (κ3) is 2.54. The molecule has 4 nitrogen and oxygen atoms in total. The van der Waals surface area contributed by atoms with Crippen LogP contribution in [-0.4, -0.2) is 23.1 Å². The van der Waals surface area contributed by atoms with Gasteiger partial charge in [0, 0.05) is 18.5 Å². The van der Waals surface area contributed by atoms with Crippen molar-refractivity contribution >= 4 is 27.8 Å². The van der Waals surface area contributed by atoms with E-state index in [1.165, 1.54) is 0 Å². The summed E-state index contributed by atoms with van der Waals surface area (Å²) in [6.45, 7) is 6.38. The lowest BCUT2D eigenvalue weighted by Crippen LogP contribution is -2.27. The summed E-state index contributed by atoms with van der Waals surface area (Å²) < 4.78 is 5.75. The Kier molecular flexibility index (Phi) is 3.68. The molecule has 4 heteroatoms. The monoisotopic (exact) mass is 331 g/mol. The lowest BCUT2D eigenvalue weighted by Gasteiger charge is -2.25. The Morgan fingerprint density at radius 2 is 1.80 bits per heavy atom. The van der Waals surface area contributed by atoms with Crippen LogP contribution in [0.5, 0.6) is 0 Å². The van der Waals surface area contributed by atoms with E-state index in [4.69, 9.17) is 14.4 Å². The predicted octanol–water partition coefficient (Wildman–Crippen LogP) is 5.20. The normalized spacial score (nSPS) is 11.6. The number of furan rings is 1. The molecule has 0 radical (unpaired) electrons. The molecule has 0 aliphatic carbocycles. The maximum Gasteiger partial charge on any atom is 0.156 e. The van der Waals surface area contributed by atoms with E-state index in [0.717, 1.165) is 44.6 Å². The Hall–Kier alpha value is -2.88. The van der Waals surface area contributed by atoms with Crippen LogP contribution in [0.15, 0.2) is 53.1 Å². The van der Waals surface area contributed by atoms with Gasteiger partial charge in [-0.1, -0.05) is 30.3 Å². The quantitative estimate of drug-likeness (QED) is 0.518. The molecule has 0 atom stereocenters. The van der Waals surface area contributed by atoms with E-state index in [2.05, 4.69) is 44.9 Å². The van der Waals surface area contributed by atoms with E-state index < -0.39 is 0 Å². The zero-order chi connectivity index (χ0) is 17.6. The van der Waals surface area contributed by atoms with Gasteiger partial charge < -0.3 is 9.32 Å². The summed E-state index contributed by atoms with van der Waals surface area (Å²) >= 11 is 0. The number of hydrogen-bond donors (Lipinski definition) is 0. The van der Waals surface area contributed by atoms with Gasteiger partial charge in [-0.05, 0) is 38.5 Å². The second-order valence-corrected chi connectivity index (χ2v) is 6.69. The molecule has 0 amide bonds. The number of fused-ring (bicyclic) bond motifs is 2. The molecule has 4 rings (SSSR count). The van der Waals surface area contributed by atoms with E-state index in [9.17, 15) is 0 Å². The van der Waals surface area contributed by atoms with Crippen molar-refractivity contribution in [3.63, 3.8) is 0 Å². The van der Waals surface area contributed by atoms with Crippen molar-refractivity contribution in [3.05, 3.63) is 54.3 Å². The van der Waals surface area contributed by atoms with Gasteiger partial charge in [0.15, 0.2) is 5.82 Å². The minimum Gasteiger partial charge on any atom is -0.464 e. The first-order valence-electron chi connectivity index (χ1n) is 8.53. The predicted molar refractivity (Wildman–Crippen MR) is 103 cm³/mol. The highest BCUT2D eigenvalue weighted by Gasteiger charge is 2.20. The fraction of sp³-hybridized carbons (Fsp3) is 0.238. The highest BCUT2D eigenvalue weighted by atomic mass is 16.3. The Balaban J connectivity index is 2.06. The van der Waals surface area contributed by atoms with E-state index in [1.54, 1.807) is 6.26 Å². The van der Waals surface area contributed by atoms with Gasteiger partial charge in [-0.15, -0.1) is 0 Å². The summed E-state index contributed by atoms with van der Waals surface area (Å²) in [7, 11) is 2.06. The second-order valence-electron chi connectivity index (χ2n) is 6.69. The number of benzene rings is 2. The number of aryl methyl sites for hydroxylation is 1. The van der Waals surface area contributed by atoms with Crippen LogP contribution in [-0.2, 0) is 0 Å². The van der Waals surface area contributed by atoms with Crippen LogP contribution in [0, 0.1) is 6.92 Å². The van der Waals surface area contributed by atoms with Gasteiger partial charge >= 0.3 is 0 Å². The van der Waals surface area contributed by atoms with Crippen LogP contribution in [0.3, 0.4) is 0 Å². The molecule has 0 aliphatic rings. The number of aromatic nitrogens is 2. The van der Waals surface area contributed by atoms with Crippen LogP contribution in [0.25, 0.3) is 33.3 Å². The molecule has 0 bridgehead atoms. The zero-order valence-corrected chi connectivity index (χ0v) is 14.9. The Labute approximate surface area is 147 Å². The van der Waals surface area contributed by atoms with Crippen molar-refractivity contribution in [2.45, 2.75) is 26.8 Å². The van der Waals surface area contributed by atoms with Crippen molar-refractivity contribution in [2.24, 2.45) is 0 Å². The molecule has 2 aromatic heterocycles. The molecule has 0 saturated carbocycles. The fourth-order valence-electron chi connectivity index (χ4n) is 3.04. The smallest absolute Gasteiger partial charge is 0.156 e. The minimum absolute atomic E-state index is 0.313. The molecular formula is C21H21N3O. The molecule has 0 N–H and O–H groups in total. The average Bonchev–Trinajstić information content (AvgIpc) is 3.04. The number of nitrogens with zero attached hydrogens (tertiary/aromatic N) is 3. The molecular weight excluding hydrogens is 310 g/mol. The van der Waals surface area contributed by atoms with Crippen LogP contribution in [0.1, 0.15) is 19.4 Å². The zero-order valence-electron chi connectivity index (χ0n) is 14.9. The summed E-state index contributed by atoms with van der Waals surface area (Å²) in [6, 6.07) is 14.5. The van der Waals surface area contributed by atoms with Crippen LogP contribution in [0.2, 0.25) is 0 Å². The average molecular weight is 331 g/mol. The number of para-hydroxylation sites is 2. The highest BCUT2D eigenvalue weighted by Crippen LogP contribution is 2.36. The lowest BCUT2D eigenvalue weighted by molar-refractivity contribution is 0.616.